The van der Waals surface area contributed by atoms with Gasteiger partial charge in [-0.15, -0.1) is 10.2 Å². The number of aromatic amines is 1. The lowest BCUT2D eigenvalue weighted by molar-refractivity contribution is -0.137. The van der Waals surface area contributed by atoms with E-state index < -0.39 is 11.7 Å². The zero-order valence-electron chi connectivity index (χ0n) is 15.5. The number of nitrogens with two attached hydrogens (primary N) is 1. The first-order valence-electron chi connectivity index (χ1n) is 9.03. The van der Waals surface area contributed by atoms with E-state index in [1.54, 1.807) is 0 Å². The minimum Gasteiger partial charge on any atom is -0.364 e. The summed E-state index contributed by atoms with van der Waals surface area (Å²) in [5.41, 5.74) is 5.31. The molecular weight excluding hydrogens is 397 g/mol. The Morgan fingerprint density at radius 3 is 2.50 bits per heavy atom. The van der Waals surface area contributed by atoms with E-state index in [9.17, 15) is 13.2 Å². The van der Waals surface area contributed by atoms with Crippen LogP contribution in [0.4, 0.5) is 30.6 Å². The average molecular weight is 414 g/mol. The van der Waals surface area contributed by atoms with Gasteiger partial charge >= 0.3 is 6.18 Å². The van der Waals surface area contributed by atoms with Gasteiger partial charge in [0, 0.05) is 24.0 Å². The quantitative estimate of drug-likeness (QED) is 0.381. The van der Waals surface area contributed by atoms with Gasteiger partial charge in [0.1, 0.15) is 0 Å². The van der Waals surface area contributed by atoms with E-state index in [0.29, 0.717) is 18.9 Å². The van der Waals surface area contributed by atoms with Gasteiger partial charge < -0.3 is 16.4 Å². The number of hydrogen-bond acceptors (Lipinski definition) is 7. The maximum absolute atomic E-state index is 13.4. The monoisotopic (exact) mass is 414 g/mol. The van der Waals surface area contributed by atoms with E-state index in [-0.39, 0.29) is 23.0 Å². The lowest BCUT2D eigenvalue weighted by Crippen LogP contribution is -2.16. The number of nitrogens with one attached hydrogen (secondary N) is 3. The highest BCUT2D eigenvalue weighted by Crippen LogP contribution is 2.36. The third-order valence-electron chi connectivity index (χ3n) is 4.30. The van der Waals surface area contributed by atoms with Gasteiger partial charge in [0.05, 0.1) is 11.1 Å². The predicted octanol–water partition coefficient (Wildman–Crippen LogP) is 3.55. The number of hydrogen-bond donors (Lipinski definition) is 4. The molecule has 5 N–H and O–H groups in total. The number of nitrogens with zero attached hydrogens (tertiary/aromatic N) is 4. The fourth-order valence-corrected chi connectivity index (χ4v) is 2.93. The first kappa shape index (κ1) is 19.6. The van der Waals surface area contributed by atoms with Crippen molar-refractivity contribution in [2.45, 2.75) is 6.18 Å². The number of para-hydroxylation sites is 1. The molecule has 2 aromatic carbocycles. The summed E-state index contributed by atoms with van der Waals surface area (Å²) in [6, 6.07) is 12.5. The highest BCUT2D eigenvalue weighted by atomic mass is 19.4. The minimum absolute atomic E-state index is 0.163. The van der Waals surface area contributed by atoms with Crippen LogP contribution in [0.2, 0.25) is 0 Å². The molecule has 0 amide bonds. The number of alkyl halides is 3. The van der Waals surface area contributed by atoms with Gasteiger partial charge in [-0.05, 0) is 18.2 Å². The molecule has 4 rings (SSSR count). The topological polar surface area (TPSA) is 117 Å². The molecule has 8 nitrogen and oxygen atoms in total. The molecular formula is C19H17F3N8. The third-order valence-corrected chi connectivity index (χ3v) is 4.30. The fourth-order valence-electron chi connectivity index (χ4n) is 2.93. The van der Waals surface area contributed by atoms with Gasteiger partial charge in [0.2, 0.25) is 0 Å². The maximum Gasteiger partial charge on any atom is 0.417 e. The zero-order chi connectivity index (χ0) is 21.1. The number of halogens is 3. The van der Waals surface area contributed by atoms with E-state index in [4.69, 9.17) is 5.73 Å². The Bertz CT molecular complexity index is 1170. The van der Waals surface area contributed by atoms with Crippen molar-refractivity contribution >= 4 is 28.4 Å². The lowest BCUT2D eigenvalue weighted by Gasteiger charge is -2.14. The zero-order valence-corrected chi connectivity index (χ0v) is 15.5. The van der Waals surface area contributed by atoms with Crippen molar-refractivity contribution < 1.29 is 13.2 Å². The Morgan fingerprint density at radius 1 is 0.933 bits per heavy atom. The second kappa shape index (κ2) is 7.95. The molecule has 0 aliphatic carbocycles. The molecule has 2 aromatic heterocycles. The first-order chi connectivity index (χ1) is 14.5. The van der Waals surface area contributed by atoms with Crippen molar-refractivity contribution in [3.63, 3.8) is 0 Å². The number of H-pyrrole nitrogens is 1. The Labute approximate surface area is 168 Å². The number of fused-ring (bicyclic) bond motifs is 1. The molecule has 11 heteroatoms. The van der Waals surface area contributed by atoms with Crippen LogP contribution in [0.15, 0.2) is 48.5 Å². The van der Waals surface area contributed by atoms with Crippen LogP contribution in [0.25, 0.3) is 22.3 Å². The van der Waals surface area contributed by atoms with Gasteiger partial charge in [-0.3, -0.25) is 5.10 Å². The molecule has 0 saturated heterocycles. The maximum atomic E-state index is 13.4. The van der Waals surface area contributed by atoms with Crippen LogP contribution >= 0.6 is 0 Å². The predicted molar refractivity (Wildman–Crippen MR) is 107 cm³/mol. The molecule has 0 aliphatic rings. The average Bonchev–Trinajstić information content (AvgIpc) is 3.15. The molecule has 0 radical (unpaired) electrons. The molecule has 0 bridgehead atoms. The summed E-state index contributed by atoms with van der Waals surface area (Å²) in [6.45, 7) is 0.704. The van der Waals surface area contributed by atoms with E-state index in [1.807, 2.05) is 24.3 Å². The van der Waals surface area contributed by atoms with Crippen LogP contribution in [-0.2, 0) is 6.18 Å². The number of aromatic nitrogens is 5. The van der Waals surface area contributed by atoms with Crippen LogP contribution < -0.4 is 16.4 Å². The van der Waals surface area contributed by atoms with Crippen molar-refractivity contribution in [1.82, 2.24) is 25.4 Å². The van der Waals surface area contributed by atoms with Crippen molar-refractivity contribution in [2.24, 2.45) is 5.73 Å². The molecule has 4 aromatic rings. The number of benzene rings is 2. The summed E-state index contributed by atoms with van der Waals surface area (Å²) in [7, 11) is 0. The van der Waals surface area contributed by atoms with E-state index in [2.05, 4.69) is 36.0 Å². The van der Waals surface area contributed by atoms with Crippen LogP contribution in [-0.4, -0.2) is 38.5 Å². The summed E-state index contributed by atoms with van der Waals surface area (Å²) in [5.74, 6) is 0.726. The largest absolute Gasteiger partial charge is 0.417 e. The van der Waals surface area contributed by atoms with Gasteiger partial charge in [-0.25, -0.2) is 4.98 Å². The standard InChI is InChI=1S/C19H17F3N8/c20-19(21,22)13-7-3-1-5-11(13)15-25-18(17(30-29-15)24-10-9-23)26-16-12-6-2-4-8-14(12)27-28-16/h1-8H,9-10,23H2,(H,24,30)(H2,25,26,27,28,29). The third kappa shape index (κ3) is 3.87. The molecule has 0 spiro atoms. The summed E-state index contributed by atoms with van der Waals surface area (Å²) in [5, 5.41) is 21.8. The smallest absolute Gasteiger partial charge is 0.364 e. The molecule has 0 fully saturated rings. The fraction of sp³-hybridized carbons (Fsp3) is 0.158. The Kier molecular flexibility index (Phi) is 5.19. The number of anilines is 3. The molecule has 2 heterocycles. The summed E-state index contributed by atoms with van der Waals surface area (Å²) in [6.07, 6.45) is -4.55. The highest BCUT2D eigenvalue weighted by Gasteiger charge is 2.34. The second-order valence-electron chi connectivity index (χ2n) is 6.33. The van der Waals surface area contributed by atoms with E-state index in [1.165, 1.54) is 18.2 Å². The van der Waals surface area contributed by atoms with Crippen LogP contribution in [0.5, 0.6) is 0 Å². The summed E-state index contributed by atoms with van der Waals surface area (Å²) < 4.78 is 40.3. The molecule has 154 valence electrons. The normalized spacial score (nSPS) is 11.6. The van der Waals surface area contributed by atoms with Crippen molar-refractivity contribution in [3.05, 3.63) is 54.1 Å². The Hall–Kier alpha value is -3.73. The van der Waals surface area contributed by atoms with Crippen LogP contribution in [0.3, 0.4) is 0 Å². The summed E-state index contributed by atoms with van der Waals surface area (Å²) >= 11 is 0. The van der Waals surface area contributed by atoms with Gasteiger partial charge in [-0.2, -0.15) is 18.3 Å². The minimum atomic E-state index is -4.55. The molecule has 30 heavy (non-hydrogen) atoms. The first-order valence-corrected chi connectivity index (χ1v) is 9.03. The second-order valence-corrected chi connectivity index (χ2v) is 6.33. The van der Waals surface area contributed by atoms with Gasteiger partial charge in [0.15, 0.2) is 23.3 Å². The molecule has 0 saturated carbocycles. The van der Waals surface area contributed by atoms with Crippen LogP contribution in [0.1, 0.15) is 5.56 Å². The van der Waals surface area contributed by atoms with Gasteiger partial charge in [-0.1, -0.05) is 30.3 Å². The van der Waals surface area contributed by atoms with Crippen molar-refractivity contribution in [2.75, 3.05) is 23.7 Å². The van der Waals surface area contributed by atoms with Crippen molar-refractivity contribution in [1.29, 1.82) is 0 Å². The Balaban J connectivity index is 1.79. The van der Waals surface area contributed by atoms with E-state index >= 15 is 0 Å². The highest BCUT2D eigenvalue weighted by molar-refractivity contribution is 5.91. The molecule has 0 unspecified atom stereocenters. The SMILES string of the molecule is NCCNc1nnc(-c2ccccc2C(F)(F)F)nc1Nc1n[nH]c2ccccc12. The van der Waals surface area contributed by atoms with Crippen LogP contribution in [0, 0.1) is 0 Å². The molecule has 0 aliphatic heterocycles. The van der Waals surface area contributed by atoms with Gasteiger partial charge in [0.25, 0.3) is 0 Å². The summed E-state index contributed by atoms with van der Waals surface area (Å²) in [4.78, 5) is 4.31. The lowest BCUT2D eigenvalue weighted by atomic mass is 10.1. The Morgan fingerprint density at radius 2 is 1.70 bits per heavy atom. The van der Waals surface area contributed by atoms with E-state index in [0.717, 1.165) is 17.0 Å². The van der Waals surface area contributed by atoms with Crippen molar-refractivity contribution in [3.8, 4) is 11.4 Å². The number of rotatable bonds is 6. The molecule has 0 atom stereocenters.